The number of hydrogen-bond acceptors (Lipinski definition) is 3. The molecule has 0 radical (unpaired) electrons. The van der Waals surface area contributed by atoms with Crippen LogP contribution in [-0.2, 0) is 20.9 Å². The molecule has 1 unspecified atom stereocenters. The maximum atomic E-state index is 12.0. The van der Waals surface area contributed by atoms with Crippen LogP contribution in [0, 0.1) is 5.41 Å². The Morgan fingerprint density at radius 3 is 2.71 bits per heavy atom. The number of hydrogen-bond donors (Lipinski definition) is 1. The van der Waals surface area contributed by atoms with Gasteiger partial charge in [-0.1, -0.05) is 50.3 Å². The molecule has 1 amide bonds. The van der Waals surface area contributed by atoms with E-state index in [0.29, 0.717) is 6.61 Å². The number of carbonyl (C=O) groups is 1. The van der Waals surface area contributed by atoms with Crippen molar-refractivity contribution < 1.29 is 14.3 Å². The van der Waals surface area contributed by atoms with Crippen LogP contribution in [0.3, 0.4) is 0 Å². The lowest BCUT2D eigenvalue weighted by Crippen LogP contribution is -2.27. The molecule has 0 saturated heterocycles. The van der Waals surface area contributed by atoms with Crippen molar-refractivity contribution in [3.63, 3.8) is 0 Å². The van der Waals surface area contributed by atoms with Gasteiger partial charge in [0.2, 0.25) is 0 Å². The molecule has 1 N–H and O–H groups in total. The molecule has 1 aliphatic carbocycles. The van der Waals surface area contributed by atoms with Crippen LogP contribution in [0.25, 0.3) is 0 Å². The van der Waals surface area contributed by atoms with Crippen molar-refractivity contribution in [3.8, 4) is 0 Å². The predicted octanol–water partition coefficient (Wildman–Crippen LogP) is 3.90. The fourth-order valence-corrected chi connectivity index (χ4v) is 2.81. The van der Waals surface area contributed by atoms with Gasteiger partial charge in [-0.3, -0.25) is 4.79 Å². The molecule has 1 aromatic rings. The van der Waals surface area contributed by atoms with Gasteiger partial charge in [-0.2, -0.15) is 0 Å². The third-order valence-electron chi connectivity index (χ3n) is 4.30. The van der Waals surface area contributed by atoms with Crippen molar-refractivity contribution in [2.45, 2.75) is 39.9 Å². The lowest BCUT2D eigenvalue weighted by Gasteiger charge is -2.27. The van der Waals surface area contributed by atoms with Gasteiger partial charge in [0.1, 0.15) is 12.4 Å². The second-order valence-electron chi connectivity index (χ2n) is 6.82. The molecule has 4 nitrogen and oxygen atoms in total. The maximum absolute atomic E-state index is 12.0. The van der Waals surface area contributed by atoms with Crippen LogP contribution in [0.1, 0.15) is 44.4 Å². The summed E-state index contributed by atoms with van der Waals surface area (Å²) in [6.45, 7) is 6.87. The van der Waals surface area contributed by atoms with Gasteiger partial charge in [-0.25, -0.2) is 0 Å². The van der Waals surface area contributed by atoms with Gasteiger partial charge in [-0.05, 0) is 29.0 Å². The van der Waals surface area contributed by atoms with Crippen LogP contribution in [-0.4, -0.2) is 20.1 Å². The standard InChI is InChI=1S/C20H27NO3/c1-14-10-11-20(2,3)12-17(14)24-13-15-8-6-7-9-16(15)18(23-5)19(22)21-4/h6-11,18H,12-13H2,1-5H3,(H,21,22). The molecular weight excluding hydrogens is 302 g/mol. The third kappa shape index (κ3) is 4.26. The van der Waals surface area contributed by atoms with E-state index in [4.69, 9.17) is 9.47 Å². The van der Waals surface area contributed by atoms with Crippen LogP contribution in [0.2, 0.25) is 0 Å². The summed E-state index contributed by atoms with van der Waals surface area (Å²) in [5.41, 5.74) is 3.05. The van der Waals surface area contributed by atoms with Crippen LogP contribution in [0.15, 0.2) is 47.7 Å². The summed E-state index contributed by atoms with van der Waals surface area (Å²) >= 11 is 0. The zero-order valence-corrected chi connectivity index (χ0v) is 15.2. The van der Waals surface area contributed by atoms with E-state index in [1.54, 1.807) is 14.2 Å². The Morgan fingerprint density at radius 1 is 1.33 bits per heavy atom. The first-order valence-corrected chi connectivity index (χ1v) is 8.22. The molecule has 0 heterocycles. The quantitative estimate of drug-likeness (QED) is 0.861. The van der Waals surface area contributed by atoms with E-state index in [-0.39, 0.29) is 11.3 Å². The number of methoxy groups -OCH3 is 1. The fraction of sp³-hybridized carbons (Fsp3) is 0.450. The number of rotatable bonds is 6. The second-order valence-corrected chi connectivity index (χ2v) is 6.82. The van der Waals surface area contributed by atoms with E-state index in [0.717, 1.165) is 28.9 Å². The van der Waals surface area contributed by atoms with Gasteiger partial charge >= 0.3 is 0 Å². The van der Waals surface area contributed by atoms with Crippen molar-refractivity contribution >= 4 is 5.91 Å². The van der Waals surface area contributed by atoms with E-state index in [9.17, 15) is 4.79 Å². The summed E-state index contributed by atoms with van der Waals surface area (Å²) in [6.07, 6.45) is 4.58. The second kappa shape index (κ2) is 7.67. The minimum Gasteiger partial charge on any atom is -0.493 e. The van der Waals surface area contributed by atoms with Gasteiger partial charge in [0.05, 0.1) is 0 Å². The Bertz CT molecular complexity index is 659. The first kappa shape index (κ1) is 18.3. The van der Waals surface area contributed by atoms with Crippen LogP contribution in [0.4, 0.5) is 0 Å². The number of amides is 1. The van der Waals surface area contributed by atoms with Crippen molar-refractivity contribution in [1.82, 2.24) is 5.32 Å². The average Bonchev–Trinajstić information content (AvgIpc) is 2.57. The number of likely N-dealkylation sites (N-methyl/N-ethyl adjacent to an activating group) is 1. The molecule has 130 valence electrons. The molecule has 24 heavy (non-hydrogen) atoms. The highest BCUT2D eigenvalue weighted by Crippen LogP contribution is 2.34. The van der Waals surface area contributed by atoms with E-state index in [1.165, 1.54) is 0 Å². The average molecular weight is 329 g/mol. The van der Waals surface area contributed by atoms with E-state index in [2.05, 4.69) is 38.2 Å². The van der Waals surface area contributed by atoms with Gasteiger partial charge in [-0.15, -0.1) is 0 Å². The molecule has 1 atom stereocenters. The normalized spacial score (nSPS) is 17.5. The van der Waals surface area contributed by atoms with Gasteiger partial charge in [0.15, 0.2) is 6.10 Å². The molecule has 0 saturated carbocycles. The summed E-state index contributed by atoms with van der Waals surface area (Å²) in [5, 5.41) is 2.64. The van der Waals surface area contributed by atoms with Crippen LogP contribution in [0.5, 0.6) is 0 Å². The summed E-state index contributed by atoms with van der Waals surface area (Å²) in [6, 6.07) is 7.74. The zero-order chi connectivity index (χ0) is 17.7. The molecule has 1 aromatic carbocycles. The summed E-state index contributed by atoms with van der Waals surface area (Å²) in [5.74, 6) is 0.841. The van der Waals surface area contributed by atoms with Crippen molar-refractivity contribution in [3.05, 3.63) is 58.9 Å². The first-order chi connectivity index (χ1) is 11.4. The molecule has 0 spiro atoms. The molecule has 2 rings (SSSR count). The SMILES string of the molecule is CNC(=O)C(OC)c1ccccc1COC1=C(C)C=CC(C)(C)C1. The summed E-state index contributed by atoms with van der Waals surface area (Å²) in [4.78, 5) is 12.0. The number of ether oxygens (including phenoxy) is 2. The van der Waals surface area contributed by atoms with Gasteiger partial charge < -0.3 is 14.8 Å². The largest absolute Gasteiger partial charge is 0.493 e. The highest BCUT2D eigenvalue weighted by molar-refractivity contribution is 5.82. The number of allylic oxidation sites excluding steroid dienone is 4. The molecule has 4 heteroatoms. The summed E-state index contributed by atoms with van der Waals surface area (Å²) in [7, 11) is 3.15. The highest BCUT2D eigenvalue weighted by Gasteiger charge is 2.24. The van der Waals surface area contributed by atoms with Gasteiger partial charge in [0.25, 0.3) is 5.91 Å². The zero-order valence-electron chi connectivity index (χ0n) is 15.2. The highest BCUT2D eigenvalue weighted by atomic mass is 16.5. The van der Waals surface area contributed by atoms with Crippen molar-refractivity contribution in [2.75, 3.05) is 14.2 Å². The Morgan fingerprint density at radius 2 is 2.04 bits per heavy atom. The molecule has 0 aromatic heterocycles. The number of benzene rings is 1. The van der Waals surface area contributed by atoms with Crippen LogP contribution < -0.4 is 5.32 Å². The predicted molar refractivity (Wildman–Crippen MR) is 95.3 cm³/mol. The number of nitrogens with one attached hydrogen (secondary N) is 1. The Hall–Kier alpha value is -2.07. The van der Waals surface area contributed by atoms with Crippen molar-refractivity contribution in [2.24, 2.45) is 5.41 Å². The van der Waals surface area contributed by atoms with Crippen molar-refractivity contribution in [1.29, 1.82) is 0 Å². The molecule has 1 aliphatic rings. The van der Waals surface area contributed by atoms with Gasteiger partial charge in [0, 0.05) is 20.6 Å². The minimum atomic E-state index is -0.632. The fourth-order valence-electron chi connectivity index (χ4n) is 2.81. The molecule has 0 fully saturated rings. The lowest BCUT2D eigenvalue weighted by atomic mass is 9.83. The Kier molecular flexibility index (Phi) is 5.84. The summed E-state index contributed by atoms with van der Waals surface area (Å²) < 4.78 is 11.5. The number of carbonyl (C=O) groups excluding carboxylic acids is 1. The maximum Gasteiger partial charge on any atom is 0.253 e. The minimum absolute atomic E-state index is 0.103. The molecule has 0 aliphatic heterocycles. The Balaban J connectivity index is 2.19. The third-order valence-corrected chi connectivity index (χ3v) is 4.30. The van der Waals surface area contributed by atoms with E-state index in [1.807, 2.05) is 24.3 Å². The van der Waals surface area contributed by atoms with Crippen LogP contribution >= 0.6 is 0 Å². The lowest BCUT2D eigenvalue weighted by molar-refractivity contribution is -0.130. The molecule has 0 bridgehead atoms. The Labute approximate surface area is 144 Å². The molecular formula is C20H27NO3. The monoisotopic (exact) mass is 329 g/mol. The topological polar surface area (TPSA) is 47.6 Å². The first-order valence-electron chi connectivity index (χ1n) is 8.22. The van der Waals surface area contributed by atoms with E-state index < -0.39 is 6.10 Å². The van der Waals surface area contributed by atoms with E-state index >= 15 is 0 Å². The smallest absolute Gasteiger partial charge is 0.253 e.